The summed E-state index contributed by atoms with van der Waals surface area (Å²) in [5.41, 5.74) is 1.75. The quantitative estimate of drug-likeness (QED) is 0.580. The van der Waals surface area contributed by atoms with Crippen LogP contribution in [0.4, 0.5) is 0 Å². The highest BCUT2D eigenvalue weighted by atomic mass is 32.1. The topological polar surface area (TPSA) is 45.6 Å². The minimum Gasteiger partial charge on any atom is -0.336 e. The minimum atomic E-state index is -0.000945. The third-order valence-corrected chi connectivity index (χ3v) is 6.63. The van der Waals surface area contributed by atoms with Crippen molar-refractivity contribution in [2.75, 3.05) is 19.6 Å². The van der Waals surface area contributed by atoms with Gasteiger partial charge in [-0.05, 0) is 36.9 Å². The summed E-state index contributed by atoms with van der Waals surface area (Å²) in [6.45, 7) is 6.40. The van der Waals surface area contributed by atoms with Crippen LogP contribution < -0.4 is 0 Å². The van der Waals surface area contributed by atoms with Gasteiger partial charge in [0.05, 0.1) is 6.42 Å². The summed E-state index contributed by atoms with van der Waals surface area (Å²) in [4.78, 5) is 31.1. The van der Waals surface area contributed by atoms with Crippen LogP contribution in [0, 0.1) is 0 Å². The average molecular weight is 422 g/mol. The van der Waals surface area contributed by atoms with Crippen LogP contribution in [0.1, 0.15) is 29.9 Å². The van der Waals surface area contributed by atoms with E-state index in [9.17, 15) is 9.59 Å². The van der Waals surface area contributed by atoms with E-state index in [0.29, 0.717) is 32.6 Å². The zero-order valence-corrected chi connectivity index (χ0v) is 18.3. The van der Waals surface area contributed by atoms with Gasteiger partial charge < -0.3 is 14.4 Å². The Labute approximate surface area is 181 Å². The molecule has 3 aromatic rings. The SMILES string of the molecule is C/C=C\Cn1c(C(=O)N2CCN(C(=O)Cc3ccccc3)C(C)C2)cc2ccsc21. The number of amides is 2. The molecule has 156 valence electrons. The third-order valence-electron chi connectivity index (χ3n) is 5.68. The molecule has 5 nitrogen and oxygen atoms in total. The van der Waals surface area contributed by atoms with Gasteiger partial charge in [-0.25, -0.2) is 0 Å². The van der Waals surface area contributed by atoms with Crippen LogP contribution in [-0.4, -0.2) is 51.9 Å². The molecule has 1 aromatic carbocycles. The highest BCUT2D eigenvalue weighted by molar-refractivity contribution is 7.16. The number of fused-ring (bicyclic) bond motifs is 1. The average Bonchev–Trinajstić information content (AvgIpc) is 3.34. The number of thiophene rings is 1. The lowest BCUT2D eigenvalue weighted by atomic mass is 10.1. The number of allylic oxidation sites excluding steroid dienone is 2. The van der Waals surface area contributed by atoms with Crippen LogP contribution in [0.5, 0.6) is 0 Å². The van der Waals surface area contributed by atoms with E-state index in [1.165, 1.54) is 0 Å². The van der Waals surface area contributed by atoms with E-state index in [4.69, 9.17) is 0 Å². The Hall–Kier alpha value is -2.86. The summed E-state index contributed by atoms with van der Waals surface area (Å²) >= 11 is 1.66. The Bertz CT molecular complexity index is 1070. The predicted molar refractivity (Wildman–Crippen MR) is 122 cm³/mol. The number of rotatable bonds is 5. The third kappa shape index (κ3) is 4.05. The monoisotopic (exact) mass is 421 g/mol. The summed E-state index contributed by atoms with van der Waals surface area (Å²) in [6.07, 6.45) is 4.48. The fourth-order valence-electron chi connectivity index (χ4n) is 4.09. The van der Waals surface area contributed by atoms with Gasteiger partial charge in [-0.3, -0.25) is 9.59 Å². The van der Waals surface area contributed by atoms with Crippen molar-refractivity contribution in [1.82, 2.24) is 14.4 Å². The van der Waals surface area contributed by atoms with Crippen molar-refractivity contribution >= 4 is 33.4 Å². The van der Waals surface area contributed by atoms with Crippen LogP contribution >= 0.6 is 11.3 Å². The van der Waals surface area contributed by atoms with Crippen molar-refractivity contribution in [2.45, 2.75) is 32.9 Å². The van der Waals surface area contributed by atoms with Gasteiger partial charge in [0, 0.05) is 37.6 Å². The fourth-order valence-corrected chi connectivity index (χ4v) is 5.00. The molecule has 1 unspecified atom stereocenters. The van der Waals surface area contributed by atoms with E-state index in [1.54, 1.807) is 11.3 Å². The summed E-state index contributed by atoms with van der Waals surface area (Å²) in [5, 5.41) is 3.17. The molecule has 0 aliphatic carbocycles. The summed E-state index contributed by atoms with van der Waals surface area (Å²) < 4.78 is 2.10. The molecule has 6 heteroatoms. The number of benzene rings is 1. The highest BCUT2D eigenvalue weighted by Crippen LogP contribution is 2.27. The van der Waals surface area contributed by atoms with Crippen molar-refractivity contribution in [1.29, 1.82) is 0 Å². The number of hydrogen-bond donors (Lipinski definition) is 0. The van der Waals surface area contributed by atoms with Crippen molar-refractivity contribution in [2.24, 2.45) is 0 Å². The van der Waals surface area contributed by atoms with Crippen LogP contribution in [0.2, 0.25) is 0 Å². The Morgan fingerprint density at radius 1 is 1.17 bits per heavy atom. The number of nitrogens with zero attached hydrogens (tertiary/aromatic N) is 3. The Morgan fingerprint density at radius 3 is 2.70 bits per heavy atom. The molecule has 0 spiro atoms. The predicted octanol–water partition coefficient (Wildman–Crippen LogP) is 4.19. The van der Waals surface area contributed by atoms with Gasteiger partial charge in [0.2, 0.25) is 5.91 Å². The number of piperazine rings is 1. The first kappa shape index (κ1) is 20.4. The molecule has 1 fully saturated rings. The number of hydrogen-bond acceptors (Lipinski definition) is 3. The molecule has 1 atom stereocenters. The van der Waals surface area contributed by atoms with E-state index in [1.807, 2.05) is 66.1 Å². The molecular weight excluding hydrogens is 394 g/mol. The van der Waals surface area contributed by atoms with Gasteiger partial charge >= 0.3 is 0 Å². The second-order valence-electron chi connectivity index (χ2n) is 7.74. The lowest BCUT2D eigenvalue weighted by molar-refractivity contribution is -0.134. The van der Waals surface area contributed by atoms with Crippen LogP contribution in [-0.2, 0) is 17.8 Å². The molecule has 3 heterocycles. The van der Waals surface area contributed by atoms with Crippen LogP contribution in [0.25, 0.3) is 10.2 Å². The van der Waals surface area contributed by atoms with E-state index < -0.39 is 0 Å². The maximum Gasteiger partial charge on any atom is 0.270 e. The molecule has 2 amide bonds. The normalized spacial score (nSPS) is 17.2. The zero-order valence-electron chi connectivity index (χ0n) is 17.5. The first-order valence-electron chi connectivity index (χ1n) is 10.4. The molecule has 4 rings (SSSR count). The van der Waals surface area contributed by atoms with Crippen LogP contribution in [0.3, 0.4) is 0 Å². The lowest BCUT2D eigenvalue weighted by Crippen LogP contribution is -2.56. The minimum absolute atomic E-state index is 0.000945. The Balaban J connectivity index is 1.47. The second kappa shape index (κ2) is 8.88. The molecule has 0 saturated carbocycles. The molecule has 1 aliphatic rings. The van der Waals surface area contributed by atoms with Crippen LogP contribution in [0.15, 0.2) is 60.0 Å². The largest absolute Gasteiger partial charge is 0.336 e. The summed E-state index contributed by atoms with van der Waals surface area (Å²) in [5.74, 6) is 0.169. The highest BCUT2D eigenvalue weighted by Gasteiger charge is 2.31. The van der Waals surface area contributed by atoms with Gasteiger partial charge in [0.15, 0.2) is 0 Å². The molecule has 30 heavy (non-hydrogen) atoms. The van der Waals surface area contributed by atoms with E-state index in [0.717, 1.165) is 21.5 Å². The standard InChI is InChI=1S/C24H27N3O2S/c1-3-4-11-27-21(16-20-10-14-30-24(20)27)23(29)25-12-13-26(18(2)17-25)22(28)15-19-8-6-5-7-9-19/h3-10,14,16,18H,11-13,15,17H2,1-2H3/b4-3-. The van der Waals surface area contributed by atoms with Crippen molar-refractivity contribution < 1.29 is 9.59 Å². The van der Waals surface area contributed by atoms with E-state index in [2.05, 4.69) is 22.1 Å². The first-order valence-corrected chi connectivity index (χ1v) is 11.3. The van der Waals surface area contributed by atoms with Gasteiger partial charge in [0.25, 0.3) is 5.91 Å². The second-order valence-corrected chi connectivity index (χ2v) is 8.63. The Morgan fingerprint density at radius 2 is 1.97 bits per heavy atom. The molecule has 1 aliphatic heterocycles. The summed E-state index contributed by atoms with van der Waals surface area (Å²) in [6, 6.07) is 13.9. The molecule has 0 radical (unpaired) electrons. The van der Waals surface area contributed by atoms with Crippen molar-refractivity contribution in [3.05, 3.63) is 71.3 Å². The molecule has 2 aromatic heterocycles. The zero-order chi connectivity index (χ0) is 21.1. The molecule has 1 saturated heterocycles. The lowest BCUT2D eigenvalue weighted by Gasteiger charge is -2.40. The maximum atomic E-state index is 13.3. The van der Waals surface area contributed by atoms with Gasteiger partial charge in [-0.2, -0.15) is 0 Å². The number of carbonyl (C=O) groups is 2. The fraction of sp³-hybridized carbons (Fsp3) is 0.333. The smallest absolute Gasteiger partial charge is 0.270 e. The van der Waals surface area contributed by atoms with Gasteiger partial charge in [0.1, 0.15) is 10.5 Å². The van der Waals surface area contributed by atoms with Crippen molar-refractivity contribution in [3.8, 4) is 0 Å². The van der Waals surface area contributed by atoms with Gasteiger partial charge in [-0.15, -0.1) is 11.3 Å². The number of carbonyl (C=O) groups excluding carboxylic acids is 2. The van der Waals surface area contributed by atoms with Crippen molar-refractivity contribution in [3.63, 3.8) is 0 Å². The maximum absolute atomic E-state index is 13.3. The molecule has 0 bridgehead atoms. The first-order chi connectivity index (χ1) is 14.6. The Kier molecular flexibility index (Phi) is 6.04. The number of aromatic nitrogens is 1. The van der Waals surface area contributed by atoms with Gasteiger partial charge in [-0.1, -0.05) is 42.5 Å². The van der Waals surface area contributed by atoms with E-state index >= 15 is 0 Å². The van der Waals surface area contributed by atoms with E-state index in [-0.39, 0.29) is 17.9 Å². The molecular formula is C24H27N3O2S. The molecule has 0 N–H and O–H groups in total. The summed E-state index contributed by atoms with van der Waals surface area (Å²) in [7, 11) is 0.